The molecule has 2 N–H and O–H groups in total. The van der Waals surface area contributed by atoms with Crippen LogP contribution in [0.3, 0.4) is 0 Å². The van der Waals surface area contributed by atoms with Gasteiger partial charge in [-0.25, -0.2) is 0 Å². The molecule has 3 rings (SSSR count). The first-order chi connectivity index (χ1) is 13.4. The number of hydrogen-bond donors (Lipinski definition) is 1. The van der Waals surface area contributed by atoms with E-state index in [9.17, 15) is 19.6 Å². The van der Waals surface area contributed by atoms with Gasteiger partial charge in [-0.1, -0.05) is 42.5 Å². The number of rotatable bonds is 5. The van der Waals surface area contributed by atoms with Crippen molar-refractivity contribution in [3.63, 3.8) is 0 Å². The fourth-order valence-electron chi connectivity index (χ4n) is 4.13. The van der Waals surface area contributed by atoms with Gasteiger partial charge in [-0.15, -0.1) is 0 Å². The zero-order valence-corrected chi connectivity index (χ0v) is 15.7. The van der Waals surface area contributed by atoms with E-state index in [1.807, 2.05) is 0 Å². The van der Waals surface area contributed by atoms with Gasteiger partial charge in [0.2, 0.25) is 5.91 Å². The molecule has 2 heterocycles. The first-order valence-electron chi connectivity index (χ1n) is 8.99. The maximum absolute atomic E-state index is 13.1. The second-order valence-electron chi connectivity index (χ2n) is 6.83. The first kappa shape index (κ1) is 19.4. The van der Waals surface area contributed by atoms with Crippen molar-refractivity contribution < 1.29 is 19.1 Å². The molecule has 7 nitrogen and oxygen atoms in total. The second kappa shape index (κ2) is 7.31. The molecule has 0 spiro atoms. The van der Waals surface area contributed by atoms with Gasteiger partial charge in [-0.05, 0) is 19.4 Å². The van der Waals surface area contributed by atoms with Crippen molar-refractivity contribution >= 4 is 17.7 Å². The predicted molar refractivity (Wildman–Crippen MR) is 100 cm³/mol. The number of ether oxygens (including phenoxy) is 1. The number of esters is 1. The Labute approximate surface area is 163 Å². The number of carbonyl (C=O) groups excluding carboxylic acids is 3. The van der Waals surface area contributed by atoms with Crippen molar-refractivity contribution in [3.05, 3.63) is 59.8 Å². The summed E-state index contributed by atoms with van der Waals surface area (Å²) < 4.78 is 5.26. The van der Waals surface area contributed by atoms with Gasteiger partial charge in [0.1, 0.15) is 6.04 Å². The molecule has 1 amide bonds. The smallest absolute Gasteiger partial charge is 0.329 e. The lowest BCUT2D eigenvalue weighted by Gasteiger charge is -2.32. The lowest BCUT2D eigenvalue weighted by molar-refractivity contribution is -0.153. The first-order valence-corrected chi connectivity index (χ1v) is 8.99. The van der Waals surface area contributed by atoms with Crippen molar-refractivity contribution in [2.45, 2.75) is 31.8 Å². The Bertz CT molecular complexity index is 915. The third kappa shape index (κ3) is 2.78. The van der Waals surface area contributed by atoms with Gasteiger partial charge in [0.05, 0.1) is 18.7 Å². The van der Waals surface area contributed by atoms with Crippen LogP contribution in [-0.4, -0.2) is 41.3 Å². The number of nitriles is 1. The molecule has 0 aromatic heterocycles. The summed E-state index contributed by atoms with van der Waals surface area (Å²) in [6, 6.07) is 9.22. The molecule has 1 aromatic rings. The van der Waals surface area contributed by atoms with E-state index in [0.29, 0.717) is 11.1 Å². The maximum Gasteiger partial charge on any atom is 0.329 e. The monoisotopic (exact) mass is 379 g/mol. The number of primary amides is 1. The summed E-state index contributed by atoms with van der Waals surface area (Å²) in [6.45, 7) is 3.16. The van der Waals surface area contributed by atoms with E-state index in [2.05, 4.69) is 6.07 Å². The summed E-state index contributed by atoms with van der Waals surface area (Å²) in [5.74, 6) is -2.45. The number of amides is 1. The Hall–Kier alpha value is -3.40. The van der Waals surface area contributed by atoms with Crippen LogP contribution in [-0.2, 0) is 19.1 Å². The van der Waals surface area contributed by atoms with Crippen LogP contribution < -0.4 is 5.73 Å². The number of nitrogens with zero attached hydrogens (tertiary/aromatic N) is 2. The highest BCUT2D eigenvalue weighted by Crippen LogP contribution is 2.53. The highest BCUT2D eigenvalue weighted by Gasteiger charge is 2.66. The van der Waals surface area contributed by atoms with Gasteiger partial charge in [0.15, 0.2) is 11.2 Å². The standard InChI is InChI=1S/C21H21N3O4/c1-3-28-20(27)21(12-22)16-10-9-15(13(2)25)11-24(16)18(19(23)26)17(21)14-7-5-4-6-8-14/h4-11,16-18H,3H2,1-2H3,(H2,23,26)/t16-,17+,18-,21-/m0/s1. The van der Waals surface area contributed by atoms with Gasteiger partial charge < -0.3 is 15.4 Å². The van der Waals surface area contributed by atoms with E-state index in [0.717, 1.165) is 0 Å². The zero-order chi connectivity index (χ0) is 20.5. The molecular formula is C21H21N3O4. The van der Waals surface area contributed by atoms with E-state index < -0.39 is 35.3 Å². The molecule has 1 fully saturated rings. The lowest BCUT2D eigenvalue weighted by atomic mass is 9.68. The summed E-state index contributed by atoms with van der Waals surface area (Å²) in [5.41, 5.74) is 5.03. The summed E-state index contributed by atoms with van der Waals surface area (Å²) >= 11 is 0. The number of hydrogen-bond acceptors (Lipinski definition) is 6. The third-order valence-electron chi connectivity index (χ3n) is 5.32. The van der Waals surface area contributed by atoms with Gasteiger partial charge in [-0.3, -0.25) is 14.4 Å². The molecule has 2 aliphatic heterocycles. The molecule has 7 heteroatoms. The fourth-order valence-corrected chi connectivity index (χ4v) is 4.13. The molecule has 144 valence electrons. The number of benzene rings is 1. The van der Waals surface area contributed by atoms with Crippen molar-refractivity contribution in [2.75, 3.05) is 6.61 Å². The molecule has 28 heavy (non-hydrogen) atoms. The Morgan fingerprint density at radius 2 is 1.96 bits per heavy atom. The van der Waals surface area contributed by atoms with Gasteiger partial charge in [0, 0.05) is 17.7 Å². The Balaban J connectivity index is 2.28. The van der Waals surface area contributed by atoms with E-state index in [4.69, 9.17) is 10.5 Å². The SMILES string of the molecule is CCOC(=O)[C@]1(C#N)[C@H](c2ccccc2)[C@@H](C(N)=O)N2C=C(C(C)=O)C=C[C@H]21. The van der Waals surface area contributed by atoms with Crippen LogP contribution in [0.5, 0.6) is 0 Å². The van der Waals surface area contributed by atoms with Crippen LogP contribution in [0.25, 0.3) is 0 Å². The summed E-state index contributed by atoms with van der Waals surface area (Å²) in [4.78, 5) is 39.0. The van der Waals surface area contributed by atoms with E-state index in [-0.39, 0.29) is 12.4 Å². The van der Waals surface area contributed by atoms with Crippen LogP contribution in [0.4, 0.5) is 0 Å². The normalized spacial score (nSPS) is 28.1. The lowest BCUT2D eigenvalue weighted by Crippen LogP contribution is -2.45. The van der Waals surface area contributed by atoms with Crippen LogP contribution >= 0.6 is 0 Å². The van der Waals surface area contributed by atoms with Crippen LogP contribution in [0, 0.1) is 16.7 Å². The van der Waals surface area contributed by atoms with Gasteiger partial charge in [-0.2, -0.15) is 5.26 Å². The topological polar surface area (TPSA) is 113 Å². The molecule has 0 aliphatic carbocycles. The quantitative estimate of drug-likeness (QED) is 0.774. The Kier molecular flexibility index (Phi) is 5.06. The number of Topliss-reactive ketones (excluding diaryl/α,β-unsaturated/α-hetero) is 1. The molecule has 4 atom stereocenters. The molecule has 0 bridgehead atoms. The average molecular weight is 379 g/mol. The number of fused-ring (bicyclic) bond motifs is 1. The van der Waals surface area contributed by atoms with Crippen LogP contribution in [0.15, 0.2) is 54.3 Å². The minimum absolute atomic E-state index is 0.0932. The summed E-state index contributed by atoms with van der Waals surface area (Å²) in [5, 5.41) is 10.2. The van der Waals surface area contributed by atoms with E-state index in [1.54, 1.807) is 54.3 Å². The predicted octanol–water partition coefficient (Wildman–Crippen LogP) is 1.42. The molecule has 0 radical (unpaired) electrons. The maximum atomic E-state index is 13.1. The van der Waals surface area contributed by atoms with Gasteiger partial charge in [0.25, 0.3) is 0 Å². The van der Waals surface area contributed by atoms with Crippen molar-refractivity contribution in [3.8, 4) is 6.07 Å². The third-order valence-corrected chi connectivity index (χ3v) is 5.32. The van der Waals surface area contributed by atoms with Crippen LogP contribution in [0.1, 0.15) is 25.3 Å². The highest BCUT2D eigenvalue weighted by molar-refractivity contribution is 5.97. The van der Waals surface area contributed by atoms with E-state index in [1.165, 1.54) is 13.1 Å². The molecule has 0 saturated carbocycles. The van der Waals surface area contributed by atoms with Crippen molar-refractivity contribution in [1.29, 1.82) is 5.26 Å². The number of carbonyl (C=O) groups is 3. The number of allylic oxidation sites excluding steroid dienone is 2. The fraction of sp³-hybridized carbons (Fsp3) is 0.333. The summed E-state index contributed by atoms with van der Waals surface area (Å²) in [7, 11) is 0. The van der Waals surface area contributed by atoms with E-state index >= 15 is 0 Å². The highest BCUT2D eigenvalue weighted by atomic mass is 16.5. The minimum Gasteiger partial charge on any atom is -0.465 e. The molecule has 1 aromatic carbocycles. The molecular weight excluding hydrogens is 358 g/mol. The largest absolute Gasteiger partial charge is 0.465 e. The average Bonchev–Trinajstić information content (AvgIpc) is 2.99. The molecule has 1 saturated heterocycles. The number of nitrogens with two attached hydrogens (primary N) is 1. The second-order valence-corrected chi connectivity index (χ2v) is 6.83. The Morgan fingerprint density at radius 3 is 2.50 bits per heavy atom. The van der Waals surface area contributed by atoms with Gasteiger partial charge >= 0.3 is 5.97 Å². The molecule has 0 unspecified atom stereocenters. The van der Waals surface area contributed by atoms with Crippen molar-refractivity contribution in [1.82, 2.24) is 4.90 Å². The zero-order valence-electron chi connectivity index (χ0n) is 15.7. The minimum atomic E-state index is -1.69. The van der Waals surface area contributed by atoms with Crippen LogP contribution in [0.2, 0.25) is 0 Å². The van der Waals surface area contributed by atoms with Crippen molar-refractivity contribution in [2.24, 2.45) is 11.1 Å². The Morgan fingerprint density at radius 1 is 1.29 bits per heavy atom. The molecule has 2 aliphatic rings. The summed E-state index contributed by atoms with van der Waals surface area (Å²) in [6.07, 6.45) is 4.69. The number of ketones is 1.